The van der Waals surface area contributed by atoms with Crippen LogP contribution in [0.4, 0.5) is 4.79 Å². The Kier molecular flexibility index (Phi) is 6.31. The van der Waals surface area contributed by atoms with Gasteiger partial charge in [0.15, 0.2) is 0 Å². The van der Waals surface area contributed by atoms with Crippen LogP contribution in [-0.4, -0.2) is 35.1 Å². The van der Waals surface area contributed by atoms with Crippen molar-refractivity contribution in [1.29, 1.82) is 0 Å². The predicted molar refractivity (Wildman–Crippen MR) is 106 cm³/mol. The number of carbonyl (C=O) groups excluding carboxylic acids is 1. The molecule has 28 heavy (non-hydrogen) atoms. The molecule has 6 heteroatoms. The number of carbonyl (C=O) groups is 2. The van der Waals surface area contributed by atoms with Gasteiger partial charge in [0.25, 0.3) is 0 Å². The molecular weight excluding hydrogens is 356 g/mol. The number of rotatable bonds is 7. The summed E-state index contributed by atoms with van der Waals surface area (Å²) >= 11 is 0. The Morgan fingerprint density at radius 2 is 1.64 bits per heavy atom. The number of carboxylic acid groups (broad SMARTS) is 1. The summed E-state index contributed by atoms with van der Waals surface area (Å²) in [6, 6.07) is 17.7. The first kappa shape index (κ1) is 19.9. The monoisotopic (exact) mass is 382 g/mol. The van der Waals surface area contributed by atoms with Crippen LogP contribution in [0.25, 0.3) is 0 Å². The Balaban J connectivity index is 1.42. The fourth-order valence-electron chi connectivity index (χ4n) is 3.21. The molecular formula is C22H26N2O4. The normalized spacial score (nSPS) is 18.8. The summed E-state index contributed by atoms with van der Waals surface area (Å²) in [6.07, 6.45) is 0.480. The molecule has 0 radical (unpaired) electrons. The molecule has 1 heterocycles. The molecule has 0 saturated carbocycles. The molecule has 0 aromatic heterocycles. The summed E-state index contributed by atoms with van der Waals surface area (Å²) in [7, 11) is 0. The van der Waals surface area contributed by atoms with Crippen LogP contribution in [0.1, 0.15) is 30.0 Å². The Hall–Kier alpha value is -2.86. The van der Waals surface area contributed by atoms with E-state index in [0.717, 1.165) is 16.7 Å². The molecule has 0 aliphatic carbocycles. The number of carboxylic acids is 1. The van der Waals surface area contributed by atoms with Crippen molar-refractivity contribution in [3.05, 3.63) is 71.3 Å². The molecule has 148 valence electrons. The van der Waals surface area contributed by atoms with Crippen LogP contribution in [0.3, 0.4) is 0 Å². The Labute approximate surface area is 165 Å². The van der Waals surface area contributed by atoms with E-state index in [4.69, 9.17) is 4.74 Å². The highest BCUT2D eigenvalue weighted by molar-refractivity contribution is 5.79. The minimum absolute atomic E-state index is 0.222. The first-order valence-corrected chi connectivity index (χ1v) is 9.42. The van der Waals surface area contributed by atoms with Gasteiger partial charge in [0.2, 0.25) is 0 Å². The Morgan fingerprint density at radius 3 is 2.25 bits per heavy atom. The lowest BCUT2D eigenvalue weighted by Gasteiger charge is -2.20. The maximum Gasteiger partial charge on any atom is 0.317 e. The van der Waals surface area contributed by atoms with Crippen LogP contribution in [0.5, 0.6) is 0 Å². The number of aliphatic carboxylic acids is 1. The molecule has 1 atom stereocenters. The van der Waals surface area contributed by atoms with Gasteiger partial charge in [-0.1, -0.05) is 54.6 Å². The van der Waals surface area contributed by atoms with Crippen molar-refractivity contribution in [2.45, 2.75) is 33.1 Å². The van der Waals surface area contributed by atoms with Crippen LogP contribution in [0.2, 0.25) is 0 Å². The van der Waals surface area contributed by atoms with E-state index in [-0.39, 0.29) is 12.6 Å². The number of amides is 2. The van der Waals surface area contributed by atoms with Crippen LogP contribution in [0, 0.1) is 5.41 Å². The average Bonchev–Trinajstić information content (AvgIpc) is 3.12. The molecule has 6 nitrogen and oxygen atoms in total. The average molecular weight is 382 g/mol. The van der Waals surface area contributed by atoms with Gasteiger partial charge in [-0.05, 0) is 30.0 Å². The van der Waals surface area contributed by atoms with E-state index in [0.29, 0.717) is 32.7 Å². The molecule has 1 fully saturated rings. The molecule has 2 aromatic carbocycles. The number of hydrogen-bond donors (Lipinski definition) is 2. The van der Waals surface area contributed by atoms with Crippen LogP contribution >= 0.6 is 0 Å². The van der Waals surface area contributed by atoms with Crippen molar-refractivity contribution in [3.8, 4) is 0 Å². The maximum absolute atomic E-state index is 12.3. The third kappa shape index (κ3) is 5.10. The second-order valence-corrected chi connectivity index (χ2v) is 7.49. The van der Waals surface area contributed by atoms with Gasteiger partial charge < -0.3 is 20.1 Å². The van der Waals surface area contributed by atoms with Gasteiger partial charge in [0.05, 0.1) is 18.6 Å². The molecule has 1 unspecified atom stereocenters. The van der Waals surface area contributed by atoms with Gasteiger partial charge in [-0.3, -0.25) is 4.79 Å². The molecule has 1 saturated heterocycles. The highest BCUT2D eigenvalue weighted by Crippen LogP contribution is 2.29. The second kappa shape index (κ2) is 8.89. The SMILES string of the molecule is CC1(C(=O)O)CCN(C(=O)NCc2ccc(COCc3ccccc3)cc2)C1. The van der Waals surface area contributed by atoms with Crippen molar-refractivity contribution >= 4 is 12.0 Å². The van der Waals surface area contributed by atoms with Gasteiger partial charge in [0.1, 0.15) is 0 Å². The third-order valence-electron chi connectivity index (χ3n) is 5.12. The quantitative estimate of drug-likeness (QED) is 0.769. The van der Waals surface area contributed by atoms with Crippen LogP contribution < -0.4 is 5.32 Å². The van der Waals surface area contributed by atoms with Gasteiger partial charge in [-0.25, -0.2) is 4.79 Å². The zero-order chi connectivity index (χ0) is 20.0. The summed E-state index contributed by atoms with van der Waals surface area (Å²) < 4.78 is 5.73. The maximum atomic E-state index is 12.3. The molecule has 0 spiro atoms. The molecule has 3 rings (SSSR count). The Morgan fingerprint density at radius 1 is 1.04 bits per heavy atom. The fraction of sp³-hybridized carbons (Fsp3) is 0.364. The summed E-state index contributed by atoms with van der Waals surface area (Å²) in [5.41, 5.74) is 2.35. The number of nitrogens with one attached hydrogen (secondary N) is 1. The van der Waals surface area contributed by atoms with Crippen molar-refractivity contribution in [2.24, 2.45) is 5.41 Å². The largest absolute Gasteiger partial charge is 0.481 e. The number of hydrogen-bond acceptors (Lipinski definition) is 3. The molecule has 2 amide bonds. The zero-order valence-corrected chi connectivity index (χ0v) is 16.1. The molecule has 1 aliphatic rings. The van der Waals surface area contributed by atoms with Gasteiger partial charge in [-0.2, -0.15) is 0 Å². The topological polar surface area (TPSA) is 78.9 Å². The lowest BCUT2D eigenvalue weighted by molar-refractivity contribution is -0.147. The van der Waals surface area contributed by atoms with E-state index in [1.54, 1.807) is 11.8 Å². The molecule has 1 aliphatic heterocycles. The van der Waals surface area contributed by atoms with Crippen molar-refractivity contribution in [1.82, 2.24) is 10.2 Å². The second-order valence-electron chi connectivity index (χ2n) is 7.49. The lowest BCUT2D eigenvalue weighted by Crippen LogP contribution is -2.40. The lowest BCUT2D eigenvalue weighted by atomic mass is 9.90. The third-order valence-corrected chi connectivity index (χ3v) is 5.12. The fourth-order valence-corrected chi connectivity index (χ4v) is 3.21. The minimum atomic E-state index is -0.854. The van der Waals surface area contributed by atoms with Crippen molar-refractivity contribution in [2.75, 3.05) is 13.1 Å². The first-order chi connectivity index (χ1) is 13.5. The molecule has 2 N–H and O–H groups in total. The van der Waals surface area contributed by atoms with Gasteiger partial charge in [0, 0.05) is 19.6 Å². The molecule has 2 aromatic rings. The first-order valence-electron chi connectivity index (χ1n) is 9.42. The number of urea groups is 1. The zero-order valence-electron chi connectivity index (χ0n) is 16.1. The molecule has 0 bridgehead atoms. The van der Waals surface area contributed by atoms with Crippen molar-refractivity contribution < 1.29 is 19.4 Å². The van der Waals surface area contributed by atoms with Crippen LogP contribution in [-0.2, 0) is 29.3 Å². The minimum Gasteiger partial charge on any atom is -0.481 e. The number of likely N-dealkylation sites (tertiary alicyclic amines) is 1. The number of benzene rings is 2. The summed E-state index contributed by atoms with van der Waals surface area (Å²) in [6.45, 7) is 3.90. The van der Waals surface area contributed by atoms with Gasteiger partial charge in [-0.15, -0.1) is 0 Å². The van der Waals surface area contributed by atoms with Crippen molar-refractivity contribution in [3.63, 3.8) is 0 Å². The van der Waals surface area contributed by atoms with Crippen LogP contribution in [0.15, 0.2) is 54.6 Å². The number of ether oxygens (including phenoxy) is 1. The van der Waals surface area contributed by atoms with E-state index >= 15 is 0 Å². The van der Waals surface area contributed by atoms with E-state index in [2.05, 4.69) is 5.32 Å². The summed E-state index contributed by atoms with van der Waals surface area (Å²) in [5.74, 6) is -0.854. The standard InChI is InChI=1S/C22H26N2O4/c1-22(20(25)26)11-12-24(16-22)21(27)23-13-17-7-9-19(10-8-17)15-28-14-18-5-3-2-4-6-18/h2-10H,11-16H2,1H3,(H,23,27)(H,25,26). The highest BCUT2D eigenvalue weighted by Gasteiger charge is 2.42. The predicted octanol–water partition coefficient (Wildman–Crippen LogP) is 3.41. The Bertz CT molecular complexity index is 807. The smallest absolute Gasteiger partial charge is 0.317 e. The van der Waals surface area contributed by atoms with E-state index < -0.39 is 11.4 Å². The van der Waals surface area contributed by atoms with Gasteiger partial charge >= 0.3 is 12.0 Å². The van der Waals surface area contributed by atoms with E-state index in [1.807, 2.05) is 54.6 Å². The highest BCUT2D eigenvalue weighted by atomic mass is 16.5. The van der Waals surface area contributed by atoms with E-state index in [9.17, 15) is 14.7 Å². The number of nitrogens with zero attached hydrogens (tertiary/aromatic N) is 1. The summed E-state index contributed by atoms with van der Waals surface area (Å²) in [4.78, 5) is 25.1. The van der Waals surface area contributed by atoms with E-state index in [1.165, 1.54) is 0 Å². The summed E-state index contributed by atoms with van der Waals surface area (Å²) in [5, 5.41) is 12.1.